The van der Waals surface area contributed by atoms with E-state index in [1.165, 1.54) is 6.07 Å². The molecule has 186 valence electrons. The Hall–Kier alpha value is -4.25. The molecule has 3 aromatic rings. The van der Waals surface area contributed by atoms with Gasteiger partial charge in [-0.05, 0) is 55.2 Å². The number of nitrogens with zero attached hydrogens (tertiary/aromatic N) is 4. The highest BCUT2D eigenvalue weighted by atomic mass is 16.6. The highest BCUT2D eigenvalue weighted by Crippen LogP contribution is 2.41. The molecule has 0 spiro atoms. The fourth-order valence-corrected chi connectivity index (χ4v) is 4.60. The van der Waals surface area contributed by atoms with Crippen molar-refractivity contribution in [1.29, 1.82) is 0 Å². The third-order valence-electron chi connectivity index (χ3n) is 6.66. The average Bonchev–Trinajstić information content (AvgIpc) is 2.87. The maximum Gasteiger partial charge on any atom is 0.405 e. The van der Waals surface area contributed by atoms with E-state index in [-0.39, 0.29) is 11.5 Å². The number of amides is 1. The van der Waals surface area contributed by atoms with Crippen molar-refractivity contribution in [1.82, 2.24) is 15.3 Å². The second-order valence-corrected chi connectivity index (χ2v) is 8.87. The number of hydrogen-bond acceptors (Lipinski definition) is 8. The van der Waals surface area contributed by atoms with E-state index in [0.29, 0.717) is 30.3 Å². The summed E-state index contributed by atoms with van der Waals surface area (Å²) in [4.78, 5) is 33.8. The molecule has 2 fully saturated rings. The molecule has 3 N–H and O–H groups in total. The van der Waals surface area contributed by atoms with Crippen LogP contribution >= 0.6 is 0 Å². The van der Waals surface area contributed by atoms with Crippen LogP contribution in [-0.4, -0.2) is 52.4 Å². The summed E-state index contributed by atoms with van der Waals surface area (Å²) in [5.74, 6) is 0.909. The first-order chi connectivity index (χ1) is 17.4. The Morgan fingerprint density at radius 1 is 1.03 bits per heavy atom. The van der Waals surface area contributed by atoms with Gasteiger partial charge in [-0.15, -0.1) is 0 Å². The molecule has 0 bridgehead atoms. The van der Waals surface area contributed by atoms with E-state index in [4.69, 9.17) is 9.72 Å². The summed E-state index contributed by atoms with van der Waals surface area (Å²) in [6.07, 6.45) is 1.36. The summed E-state index contributed by atoms with van der Waals surface area (Å²) >= 11 is 0. The monoisotopic (exact) mass is 490 g/mol. The van der Waals surface area contributed by atoms with Gasteiger partial charge in [0.2, 0.25) is 5.82 Å². The van der Waals surface area contributed by atoms with Crippen molar-refractivity contribution < 1.29 is 19.6 Å². The summed E-state index contributed by atoms with van der Waals surface area (Å²) in [6.45, 7) is 2.77. The molecule has 1 aliphatic carbocycles. The number of benzene rings is 1. The van der Waals surface area contributed by atoms with Crippen LogP contribution in [0.3, 0.4) is 0 Å². The van der Waals surface area contributed by atoms with Gasteiger partial charge in [-0.1, -0.05) is 18.2 Å². The highest BCUT2D eigenvalue weighted by Gasteiger charge is 2.40. The normalized spacial score (nSPS) is 16.6. The molecule has 1 amide bonds. The van der Waals surface area contributed by atoms with Crippen molar-refractivity contribution in [2.24, 2.45) is 0 Å². The lowest BCUT2D eigenvalue weighted by Gasteiger charge is -2.42. The number of aromatic nitrogens is 2. The Labute approximate surface area is 207 Å². The first-order valence-electron chi connectivity index (χ1n) is 11.8. The quantitative estimate of drug-likeness (QED) is 0.327. The van der Waals surface area contributed by atoms with E-state index in [1.54, 1.807) is 18.2 Å². The number of carbonyl (C=O) groups is 1. The van der Waals surface area contributed by atoms with Gasteiger partial charge in [0.1, 0.15) is 5.82 Å². The van der Waals surface area contributed by atoms with Gasteiger partial charge in [0, 0.05) is 24.8 Å². The molecule has 0 unspecified atom stereocenters. The van der Waals surface area contributed by atoms with Crippen LogP contribution in [0.5, 0.6) is 0 Å². The molecule has 2 aliphatic rings. The van der Waals surface area contributed by atoms with Crippen molar-refractivity contribution in [2.75, 3.05) is 36.5 Å². The van der Waals surface area contributed by atoms with Gasteiger partial charge in [0.05, 0.1) is 35.1 Å². The fourth-order valence-electron chi connectivity index (χ4n) is 4.60. The Morgan fingerprint density at radius 2 is 1.75 bits per heavy atom. The number of nitrogens with one attached hydrogen (secondary N) is 2. The second-order valence-electron chi connectivity index (χ2n) is 8.87. The van der Waals surface area contributed by atoms with Gasteiger partial charge in [0.25, 0.3) is 0 Å². The summed E-state index contributed by atoms with van der Waals surface area (Å²) < 4.78 is 5.41. The van der Waals surface area contributed by atoms with Crippen LogP contribution < -0.4 is 15.5 Å². The molecular formula is C25H26N6O5. The summed E-state index contributed by atoms with van der Waals surface area (Å²) in [5, 5.41) is 26.6. The first kappa shape index (κ1) is 23.5. The zero-order valence-electron chi connectivity index (χ0n) is 19.5. The summed E-state index contributed by atoms with van der Waals surface area (Å²) in [6, 6.07) is 15.9. The SMILES string of the molecule is O=C(O)NC1(c2ccc(Nc3nc(-c4cccc(N5CCOCC5)n4)ccc3[N+](=O)[O-])cc2)CCC1. The van der Waals surface area contributed by atoms with Crippen LogP contribution in [0.25, 0.3) is 11.4 Å². The molecule has 0 radical (unpaired) electrons. The van der Waals surface area contributed by atoms with Crippen molar-refractivity contribution in [3.8, 4) is 11.4 Å². The number of anilines is 3. The lowest BCUT2D eigenvalue weighted by atomic mass is 9.72. The molecule has 5 rings (SSSR count). The molecule has 0 atom stereocenters. The van der Waals surface area contributed by atoms with Gasteiger partial charge in [-0.3, -0.25) is 10.1 Å². The molecule has 1 saturated heterocycles. The van der Waals surface area contributed by atoms with Gasteiger partial charge in [0.15, 0.2) is 0 Å². The van der Waals surface area contributed by atoms with E-state index in [1.807, 2.05) is 30.3 Å². The minimum atomic E-state index is -1.06. The maximum absolute atomic E-state index is 11.7. The van der Waals surface area contributed by atoms with E-state index < -0.39 is 16.6 Å². The van der Waals surface area contributed by atoms with Crippen LogP contribution in [0.1, 0.15) is 24.8 Å². The van der Waals surface area contributed by atoms with E-state index >= 15 is 0 Å². The average molecular weight is 491 g/mol. The van der Waals surface area contributed by atoms with Crippen LogP contribution in [0.2, 0.25) is 0 Å². The highest BCUT2D eigenvalue weighted by molar-refractivity contribution is 5.71. The van der Waals surface area contributed by atoms with Gasteiger partial charge in [-0.25, -0.2) is 14.8 Å². The Kier molecular flexibility index (Phi) is 6.38. The number of ether oxygens (including phenoxy) is 1. The molecule has 11 heteroatoms. The second kappa shape index (κ2) is 9.78. The van der Waals surface area contributed by atoms with Crippen LogP contribution in [0.4, 0.5) is 27.8 Å². The molecule has 36 heavy (non-hydrogen) atoms. The molecular weight excluding hydrogens is 464 g/mol. The molecule has 1 saturated carbocycles. The van der Waals surface area contributed by atoms with E-state index in [2.05, 4.69) is 20.5 Å². The first-order valence-corrected chi connectivity index (χ1v) is 11.8. The maximum atomic E-state index is 11.7. The van der Waals surface area contributed by atoms with Gasteiger partial charge < -0.3 is 25.4 Å². The molecule has 1 aliphatic heterocycles. The fraction of sp³-hybridized carbons (Fsp3) is 0.320. The van der Waals surface area contributed by atoms with E-state index in [0.717, 1.165) is 43.7 Å². The van der Waals surface area contributed by atoms with E-state index in [9.17, 15) is 20.0 Å². The van der Waals surface area contributed by atoms with Crippen molar-refractivity contribution in [3.05, 3.63) is 70.3 Å². The Balaban J connectivity index is 1.41. The Morgan fingerprint density at radius 3 is 2.39 bits per heavy atom. The van der Waals surface area contributed by atoms with Gasteiger partial charge in [-0.2, -0.15) is 0 Å². The minimum absolute atomic E-state index is 0.103. The predicted molar refractivity (Wildman–Crippen MR) is 134 cm³/mol. The lowest BCUT2D eigenvalue weighted by Crippen LogP contribution is -2.50. The number of morpholine rings is 1. The van der Waals surface area contributed by atoms with Gasteiger partial charge >= 0.3 is 11.8 Å². The number of rotatable bonds is 7. The van der Waals surface area contributed by atoms with Crippen LogP contribution in [0.15, 0.2) is 54.6 Å². The number of nitro groups is 1. The largest absolute Gasteiger partial charge is 0.465 e. The summed E-state index contributed by atoms with van der Waals surface area (Å²) in [5.41, 5.74) is 1.85. The molecule has 2 aromatic heterocycles. The zero-order valence-corrected chi connectivity index (χ0v) is 19.5. The van der Waals surface area contributed by atoms with Crippen LogP contribution in [0, 0.1) is 10.1 Å². The molecule has 11 nitrogen and oxygen atoms in total. The third kappa shape index (κ3) is 4.78. The molecule has 3 heterocycles. The standard InChI is InChI=1S/C25H26N6O5/c32-24(33)29-25(11-2-12-25)17-5-7-18(8-6-17)26-23-21(31(34)35)10-9-20(28-23)19-3-1-4-22(27-19)30-13-15-36-16-14-30/h1,3-10,29H,2,11-16H2,(H,26,28)(H,32,33). The number of hydrogen-bond donors (Lipinski definition) is 3. The Bertz CT molecular complexity index is 1270. The minimum Gasteiger partial charge on any atom is -0.465 e. The predicted octanol–water partition coefficient (Wildman–Crippen LogP) is 4.28. The summed E-state index contributed by atoms with van der Waals surface area (Å²) in [7, 11) is 0. The number of carboxylic acid groups (broad SMARTS) is 1. The lowest BCUT2D eigenvalue weighted by molar-refractivity contribution is -0.384. The van der Waals surface area contributed by atoms with Crippen molar-refractivity contribution in [3.63, 3.8) is 0 Å². The van der Waals surface area contributed by atoms with Crippen LogP contribution in [-0.2, 0) is 10.3 Å². The third-order valence-corrected chi connectivity index (χ3v) is 6.66. The smallest absolute Gasteiger partial charge is 0.405 e. The topological polar surface area (TPSA) is 143 Å². The number of pyridine rings is 2. The molecule has 1 aromatic carbocycles. The van der Waals surface area contributed by atoms with Crippen molar-refractivity contribution >= 4 is 29.1 Å². The van der Waals surface area contributed by atoms with Crippen molar-refractivity contribution in [2.45, 2.75) is 24.8 Å². The zero-order chi connectivity index (χ0) is 25.1.